The number of esters is 1. The highest BCUT2D eigenvalue weighted by Gasteiger charge is 2.38. The first-order valence-corrected chi connectivity index (χ1v) is 11.7. The smallest absolute Gasteiger partial charge is 0.339 e. The lowest BCUT2D eigenvalue weighted by molar-refractivity contribution is -0.117. The minimum absolute atomic E-state index is 0.281. The van der Waals surface area contributed by atoms with Gasteiger partial charge in [-0.25, -0.2) is 4.79 Å². The van der Waals surface area contributed by atoms with Crippen LogP contribution < -0.4 is 4.90 Å². The minimum Gasteiger partial charge on any atom is -0.454 e. The summed E-state index contributed by atoms with van der Waals surface area (Å²) >= 11 is 1.32. The summed E-state index contributed by atoms with van der Waals surface area (Å²) in [5.74, 6) is -0.859. The number of anilines is 1. The van der Waals surface area contributed by atoms with E-state index in [1.54, 1.807) is 36.4 Å². The zero-order valence-electron chi connectivity index (χ0n) is 19.2. The summed E-state index contributed by atoms with van der Waals surface area (Å²) in [6.45, 7) is 3.80. The maximum atomic E-state index is 12.8. The molecule has 0 aliphatic carbocycles. The highest BCUT2D eigenvalue weighted by atomic mass is 32.2. The van der Waals surface area contributed by atoms with Gasteiger partial charge in [-0.1, -0.05) is 68.1 Å². The Labute approximate surface area is 203 Å². The predicted molar refractivity (Wildman–Crippen MR) is 133 cm³/mol. The maximum absolute atomic E-state index is 12.8. The van der Waals surface area contributed by atoms with E-state index < -0.39 is 5.97 Å². The number of nitriles is 1. The van der Waals surface area contributed by atoms with Gasteiger partial charge in [0.25, 0.3) is 0 Å². The number of carbonyl (C=O) groups excluding carboxylic acids is 2. The van der Waals surface area contributed by atoms with Crippen LogP contribution >= 0.6 is 11.8 Å². The van der Waals surface area contributed by atoms with E-state index in [0.29, 0.717) is 16.0 Å². The van der Waals surface area contributed by atoms with Crippen LogP contribution in [0.15, 0.2) is 94.4 Å². The number of ether oxygens (including phenoxy) is 1. The fourth-order valence-corrected chi connectivity index (χ4v) is 5.17. The Hall–Kier alpha value is -3.82. The van der Waals surface area contributed by atoms with Crippen molar-refractivity contribution in [1.82, 2.24) is 0 Å². The molecule has 3 aromatic carbocycles. The van der Waals surface area contributed by atoms with Gasteiger partial charge in [0.1, 0.15) is 6.07 Å². The zero-order chi connectivity index (χ0) is 24.3. The predicted octanol–water partition coefficient (Wildman–Crippen LogP) is 5.75. The molecule has 0 saturated heterocycles. The largest absolute Gasteiger partial charge is 0.454 e. The summed E-state index contributed by atoms with van der Waals surface area (Å²) in [7, 11) is 1.94. The second-order valence-corrected chi connectivity index (χ2v) is 9.56. The number of benzene rings is 3. The molecule has 4 rings (SSSR count). The summed E-state index contributed by atoms with van der Waals surface area (Å²) in [5.41, 5.74) is 3.62. The number of para-hydroxylation sites is 1. The van der Waals surface area contributed by atoms with E-state index in [1.165, 1.54) is 11.8 Å². The lowest BCUT2D eigenvalue weighted by Gasteiger charge is -2.23. The molecule has 0 N–H and O–H groups in total. The first-order chi connectivity index (χ1) is 16.3. The molecule has 0 amide bonds. The number of rotatable bonds is 6. The van der Waals surface area contributed by atoms with Crippen LogP contribution in [-0.4, -0.2) is 25.4 Å². The zero-order valence-corrected chi connectivity index (χ0v) is 20.1. The van der Waals surface area contributed by atoms with Gasteiger partial charge in [0.05, 0.1) is 11.1 Å². The van der Waals surface area contributed by atoms with Crippen molar-refractivity contribution >= 4 is 29.2 Å². The van der Waals surface area contributed by atoms with Crippen LogP contribution in [0.3, 0.4) is 0 Å². The molecule has 0 bridgehead atoms. The maximum Gasteiger partial charge on any atom is 0.339 e. The van der Waals surface area contributed by atoms with E-state index >= 15 is 0 Å². The summed E-state index contributed by atoms with van der Waals surface area (Å²) < 4.78 is 5.39. The van der Waals surface area contributed by atoms with Gasteiger partial charge in [-0.2, -0.15) is 5.26 Å². The molecule has 5 nitrogen and oxygen atoms in total. The van der Waals surface area contributed by atoms with E-state index in [-0.39, 0.29) is 17.8 Å². The monoisotopic (exact) mass is 468 g/mol. The molecule has 0 saturated carbocycles. The molecule has 0 spiro atoms. The van der Waals surface area contributed by atoms with Crippen molar-refractivity contribution in [3.05, 3.63) is 101 Å². The number of likely N-dealkylation sites (N-methyl/N-ethyl adjacent to an activating group) is 1. The number of carbonyl (C=O) groups is 2. The number of allylic oxidation sites excluding steroid dienone is 1. The van der Waals surface area contributed by atoms with Crippen molar-refractivity contribution in [2.75, 3.05) is 18.6 Å². The first-order valence-electron chi connectivity index (χ1n) is 10.8. The fourth-order valence-electron chi connectivity index (χ4n) is 4.16. The second kappa shape index (κ2) is 9.58. The van der Waals surface area contributed by atoms with Crippen LogP contribution in [0, 0.1) is 11.3 Å². The van der Waals surface area contributed by atoms with Crippen molar-refractivity contribution in [3.63, 3.8) is 0 Å². The lowest BCUT2D eigenvalue weighted by Crippen LogP contribution is -2.25. The molecule has 0 fully saturated rings. The van der Waals surface area contributed by atoms with Gasteiger partial charge in [0, 0.05) is 39.7 Å². The molecule has 3 aromatic rings. The lowest BCUT2D eigenvalue weighted by atomic mass is 9.83. The van der Waals surface area contributed by atoms with E-state index in [1.807, 2.05) is 48.3 Å². The molecule has 0 atom stereocenters. The Morgan fingerprint density at radius 2 is 1.65 bits per heavy atom. The van der Waals surface area contributed by atoms with Crippen molar-refractivity contribution in [3.8, 4) is 6.07 Å². The van der Waals surface area contributed by atoms with Gasteiger partial charge < -0.3 is 9.64 Å². The first kappa shape index (κ1) is 23.3. The third-order valence-corrected chi connectivity index (χ3v) is 7.07. The molecule has 6 heteroatoms. The molecule has 0 radical (unpaired) electrons. The van der Waals surface area contributed by atoms with Crippen LogP contribution in [0.1, 0.15) is 35.3 Å². The fraction of sp³-hybridized carbons (Fsp3) is 0.179. The topological polar surface area (TPSA) is 70.4 Å². The van der Waals surface area contributed by atoms with Gasteiger partial charge in [-0.05, 0) is 35.9 Å². The Bertz CT molecular complexity index is 1340. The van der Waals surface area contributed by atoms with E-state index in [2.05, 4.69) is 26.0 Å². The van der Waals surface area contributed by atoms with Gasteiger partial charge in [-0.15, -0.1) is 0 Å². The molecule has 0 unspecified atom stereocenters. The Balaban J connectivity index is 1.48. The number of ketones is 1. The molecule has 1 aliphatic rings. The summed E-state index contributed by atoms with van der Waals surface area (Å²) in [4.78, 5) is 29.0. The van der Waals surface area contributed by atoms with E-state index in [9.17, 15) is 14.9 Å². The van der Waals surface area contributed by atoms with Gasteiger partial charge in [-0.3, -0.25) is 4.79 Å². The second-order valence-electron chi connectivity index (χ2n) is 8.48. The van der Waals surface area contributed by atoms with Crippen LogP contribution in [0.25, 0.3) is 0 Å². The quantitative estimate of drug-likeness (QED) is 0.339. The summed E-state index contributed by atoms with van der Waals surface area (Å²) in [6, 6.07) is 24.4. The van der Waals surface area contributed by atoms with Gasteiger partial charge in [0.15, 0.2) is 12.4 Å². The van der Waals surface area contributed by atoms with Crippen molar-refractivity contribution in [2.45, 2.75) is 29.1 Å². The summed E-state index contributed by atoms with van der Waals surface area (Å²) in [5, 5.41) is 9.35. The SMILES string of the molecule is CN1C(=CC(=O)COC(=O)c2ccccc2Sc2ccccc2C#N)C(C)(C)c2ccccc21. The Morgan fingerprint density at radius 3 is 2.38 bits per heavy atom. The third kappa shape index (κ3) is 4.48. The number of hydrogen-bond acceptors (Lipinski definition) is 6. The Morgan fingerprint density at radius 1 is 1.00 bits per heavy atom. The molecule has 1 aliphatic heterocycles. The Kier molecular flexibility index (Phi) is 6.58. The van der Waals surface area contributed by atoms with Gasteiger partial charge in [0.2, 0.25) is 0 Å². The normalized spacial score (nSPS) is 15.0. The molecule has 0 aromatic heterocycles. The van der Waals surface area contributed by atoms with Gasteiger partial charge >= 0.3 is 5.97 Å². The number of nitrogens with zero attached hydrogens (tertiary/aromatic N) is 2. The molecule has 1 heterocycles. The van der Waals surface area contributed by atoms with E-state index in [4.69, 9.17) is 4.74 Å². The minimum atomic E-state index is -0.577. The molecule has 34 heavy (non-hydrogen) atoms. The average Bonchev–Trinajstić information content (AvgIpc) is 3.04. The molecular weight excluding hydrogens is 444 g/mol. The highest BCUT2D eigenvalue weighted by Crippen LogP contribution is 2.46. The van der Waals surface area contributed by atoms with Crippen LogP contribution in [0.4, 0.5) is 5.69 Å². The summed E-state index contributed by atoms with van der Waals surface area (Å²) in [6.07, 6.45) is 1.57. The van der Waals surface area contributed by atoms with Crippen LogP contribution in [-0.2, 0) is 14.9 Å². The van der Waals surface area contributed by atoms with Crippen LogP contribution in [0.5, 0.6) is 0 Å². The molecule has 170 valence electrons. The van der Waals surface area contributed by atoms with Crippen molar-refractivity contribution in [2.24, 2.45) is 0 Å². The van der Waals surface area contributed by atoms with Crippen LogP contribution in [0.2, 0.25) is 0 Å². The standard InChI is InChI=1S/C28H24N2O3S/c1-28(2)22-12-6-7-13-23(22)30(3)26(28)16-20(31)18-33-27(32)21-11-5-9-15-25(21)34-24-14-8-4-10-19(24)17-29/h4-16H,18H2,1-3H3. The third-order valence-electron chi connectivity index (χ3n) is 5.92. The average molecular weight is 469 g/mol. The van der Waals surface area contributed by atoms with Crippen molar-refractivity contribution in [1.29, 1.82) is 5.26 Å². The molecular formula is C28H24N2O3S. The number of fused-ring (bicyclic) bond motifs is 1. The number of hydrogen-bond donors (Lipinski definition) is 0. The van der Waals surface area contributed by atoms with Crippen molar-refractivity contribution < 1.29 is 14.3 Å². The van der Waals surface area contributed by atoms with E-state index in [0.717, 1.165) is 21.8 Å². The highest BCUT2D eigenvalue weighted by molar-refractivity contribution is 7.99.